The Balaban J connectivity index is 2.55. The molecule has 0 N–H and O–H groups in total. The summed E-state index contributed by atoms with van der Waals surface area (Å²) in [5.41, 5.74) is 0. The van der Waals surface area contributed by atoms with E-state index in [4.69, 9.17) is 4.74 Å². The van der Waals surface area contributed by atoms with Crippen LogP contribution in [0.4, 0.5) is 8.78 Å². The van der Waals surface area contributed by atoms with E-state index in [9.17, 15) is 17.2 Å². The predicted octanol–water partition coefficient (Wildman–Crippen LogP) is 0.799. The first-order valence-electron chi connectivity index (χ1n) is 4.31. The van der Waals surface area contributed by atoms with Crippen LogP contribution in [0.1, 0.15) is 0 Å². The van der Waals surface area contributed by atoms with Crippen LogP contribution in [-0.2, 0) is 19.0 Å². The monoisotopic (exact) mass is 242 g/mol. The van der Waals surface area contributed by atoms with Gasteiger partial charge < -0.3 is 4.74 Å². The SMILES string of the molecule is CS(=O)(=O)OCC(C(F)F)[C@@H]1C=CCO1. The molecule has 0 radical (unpaired) electrons. The van der Waals surface area contributed by atoms with E-state index in [1.54, 1.807) is 6.08 Å². The first kappa shape index (κ1) is 12.5. The summed E-state index contributed by atoms with van der Waals surface area (Å²) in [6.45, 7) is -0.293. The fourth-order valence-electron chi connectivity index (χ4n) is 1.19. The van der Waals surface area contributed by atoms with Gasteiger partial charge in [0.2, 0.25) is 6.43 Å². The molecule has 1 aliphatic heterocycles. The first-order valence-corrected chi connectivity index (χ1v) is 6.12. The minimum absolute atomic E-state index is 0.271. The van der Waals surface area contributed by atoms with E-state index in [0.717, 1.165) is 6.26 Å². The third-order valence-electron chi connectivity index (χ3n) is 1.93. The maximum atomic E-state index is 12.5. The number of rotatable bonds is 5. The van der Waals surface area contributed by atoms with Gasteiger partial charge in [-0.25, -0.2) is 8.78 Å². The largest absolute Gasteiger partial charge is 0.369 e. The Hall–Kier alpha value is -0.530. The van der Waals surface area contributed by atoms with E-state index >= 15 is 0 Å². The first-order chi connectivity index (χ1) is 6.90. The molecule has 0 aromatic carbocycles. The molecular weight excluding hydrogens is 230 g/mol. The quantitative estimate of drug-likeness (QED) is 0.528. The van der Waals surface area contributed by atoms with Crippen LogP contribution in [0, 0.1) is 5.92 Å². The third-order valence-corrected chi connectivity index (χ3v) is 2.50. The third kappa shape index (κ3) is 4.23. The molecule has 1 rings (SSSR count). The number of hydrogen-bond donors (Lipinski definition) is 0. The topological polar surface area (TPSA) is 52.6 Å². The van der Waals surface area contributed by atoms with Crippen molar-refractivity contribution in [2.45, 2.75) is 12.5 Å². The van der Waals surface area contributed by atoms with E-state index in [1.807, 2.05) is 0 Å². The van der Waals surface area contributed by atoms with Gasteiger partial charge in [0.1, 0.15) is 0 Å². The lowest BCUT2D eigenvalue weighted by Crippen LogP contribution is -2.31. The fraction of sp³-hybridized carbons (Fsp3) is 0.750. The van der Waals surface area contributed by atoms with Crippen molar-refractivity contribution in [3.8, 4) is 0 Å². The smallest absolute Gasteiger partial charge is 0.264 e. The molecule has 7 heteroatoms. The van der Waals surface area contributed by atoms with Crippen molar-refractivity contribution in [1.82, 2.24) is 0 Å². The van der Waals surface area contributed by atoms with Gasteiger partial charge in [0.15, 0.2) is 0 Å². The normalized spacial score (nSPS) is 23.6. The van der Waals surface area contributed by atoms with Crippen molar-refractivity contribution in [3.63, 3.8) is 0 Å². The van der Waals surface area contributed by atoms with E-state index in [2.05, 4.69) is 4.18 Å². The molecular formula is C8H12F2O4S. The highest BCUT2D eigenvalue weighted by Gasteiger charge is 2.31. The van der Waals surface area contributed by atoms with Crippen molar-refractivity contribution < 1.29 is 26.1 Å². The average Bonchev–Trinajstić information content (AvgIpc) is 2.54. The maximum Gasteiger partial charge on any atom is 0.264 e. The molecule has 1 heterocycles. The van der Waals surface area contributed by atoms with Crippen LogP contribution in [-0.4, -0.2) is 40.4 Å². The van der Waals surface area contributed by atoms with Crippen LogP contribution in [0.25, 0.3) is 0 Å². The lowest BCUT2D eigenvalue weighted by molar-refractivity contribution is -0.0284. The summed E-state index contributed by atoms with van der Waals surface area (Å²) in [4.78, 5) is 0. The van der Waals surface area contributed by atoms with Crippen molar-refractivity contribution >= 4 is 10.1 Å². The second kappa shape index (κ2) is 5.00. The number of ether oxygens (including phenoxy) is 1. The van der Waals surface area contributed by atoms with Crippen LogP contribution in [0.3, 0.4) is 0 Å². The molecule has 2 atom stereocenters. The number of hydrogen-bond acceptors (Lipinski definition) is 4. The predicted molar refractivity (Wildman–Crippen MR) is 49.2 cm³/mol. The molecule has 88 valence electrons. The molecule has 0 saturated heterocycles. The van der Waals surface area contributed by atoms with Crippen LogP contribution >= 0.6 is 0 Å². The minimum atomic E-state index is -3.70. The van der Waals surface area contributed by atoms with Gasteiger partial charge in [-0.3, -0.25) is 4.18 Å². The summed E-state index contributed by atoms with van der Waals surface area (Å²) < 4.78 is 55.7. The van der Waals surface area contributed by atoms with Gasteiger partial charge in [-0.15, -0.1) is 0 Å². The van der Waals surface area contributed by atoms with E-state index in [-0.39, 0.29) is 6.61 Å². The summed E-state index contributed by atoms with van der Waals surface area (Å²) in [7, 11) is -3.70. The highest BCUT2D eigenvalue weighted by Crippen LogP contribution is 2.22. The molecule has 15 heavy (non-hydrogen) atoms. The molecule has 0 aromatic rings. The average molecular weight is 242 g/mol. The van der Waals surface area contributed by atoms with Crippen molar-refractivity contribution in [2.24, 2.45) is 5.92 Å². The Labute approximate surface area is 87.0 Å². The van der Waals surface area contributed by atoms with Crippen LogP contribution in [0.15, 0.2) is 12.2 Å². The summed E-state index contributed by atoms with van der Waals surface area (Å²) in [5, 5.41) is 0. The number of halogens is 2. The van der Waals surface area contributed by atoms with Gasteiger partial charge in [0.05, 0.1) is 31.5 Å². The molecule has 4 nitrogen and oxygen atoms in total. The molecule has 1 unspecified atom stereocenters. The highest BCUT2D eigenvalue weighted by molar-refractivity contribution is 7.85. The van der Waals surface area contributed by atoms with Gasteiger partial charge in [0, 0.05) is 0 Å². The summed E-state index contributed by atoms with van der Waals surface area (Å²) in [6, 6.07) is 0. The molecule has 0 aromatic heterocycles. The lowest BCUT2D eigenvalue weighted by Gasteiger charge is -2.20. The van der Waals surface area contributed by atoms with E-state index in [0.29, 0.717) is 0 Å². The zero-order chi connectivity index (χ0) is 11.5. The minimum Gasteiger partial charge on any atom is -0.369 e. The van der Waals surface area contributed by atoms with Crippen LogP contribution in [0.2, 0.25) is 0 Å². The Kier molecular flexibility index (Phi) is 4.18. The van der Waals surface area contributed by atoms with Crippen molar-refractivity contribution in [3.05, 3.63) is 12.2 Å². The summed E-state index contributed by atoms with van der Waals surface area (Å²) >= 11 is 0. The van der Waals surface area contributed by atoms with E-state index < -0.39 is 35.2 Å². The van der Waals surface area contributed by atoms with Gasteiger partial charge in [-0.1, -0.05) is 12.2 Å². The molecule has 0 saturated carbocycles. The molecule has 0 bridgehead atoms. The van der Waals surface area contributed by atoms with Crippen molar-refractivity contribution in [2.75, 3.05) is 19.5 Å². The van der Waals surface area contributed by atoms with Crippen LogP contribution in [0.5, 0.6) is 0 Å². The van der Waals surface area contributed by atoms with Gasteiger partial charge in [-0.2, -0.15) is 8.42 Å². The van der Waals surface area contributed by atoms with E-state index in [1.165, 1.54) is 6.08 Å². The molecule has 0 aliphatic carbocycles. The van der Waals surface area contributed by atoms with Gasteiger partial charge in [0.25, 0.3) is 10.1 Å². The summed E-state index contributed by atoms with van der Waals surface area (Å²) in [6.07, 6.45) is 0.468. The van der Waals surface area contributed by atoms with Crippen LogP contribution < -0.4 is 0 Å². The summed E-state index contributed by atoms with van der Waals surface area (Å²) in [5.74, 6) is -1.25. The molecule has 0 fully saturated rings. The Morgan fingerprint density at radius 3 is 2.67 bits per heavy atom. The van der Waals surface area contributed by atoms with Gasteiger partial charge in [-0.05, 0) is 0 Å². The maximum absolute atomic E-state index is 12.5. The zero-order valence-corrected chi connectivity index (χ0v) is 8.91. The standard InChI is InChI=1S/C8H12F2O4S/c1-15(11,12)14-5-6(8(9)10)7-3-2-4-13-7/h2-3,6-8H,4-5H2,1H3/t6?,7-/m0/s1. The molecule has 0 amide bonds. The number of alkyl halides is 2. The molecule has 1 aliphatic rings. The Bertz CT molecular complexity index is 326. The highest BCUT2D eigenvalue weighted by atomic mass is 32.2. The Morgan fingerprint density at radius 1 is 1.60 bits per heavy atom. The van der Waals surface area contributed by atoms with Crippen molar-refractivity contribution in [1.29, 1.82) is 0 Å². The second-order valence-corrected chi connectivity index (χ2v) is 4.86. The van der Waals surface area contributed by atoms with Gasteiger partial charge >= 0.3 is 0 Å². The lowest BCUT2D eigenvalue weighted by atomic mass is 10.1. The zero-order valence-electron chi connectivity index (χ0n) is 8.10. The Morgan fingerprint density at radius 2 is 2.27 bits per heavy atom. The second-order valence-electron chi connectivity index (χ2n) is 3.21. The fourth-order valence-corrected chi connectivity index (χ4v) is 1.60. The molecule has 0 spiro atoms.